The molecule has 31 heavy (non-hydrogen) atoms. The van der Waals surface area contributed by atoms with Gasteiger partial charge in [-0.2, -0.15) is 4.72 Å². The zero-order valence-electron chi connectivity index (χ0n) is 17.1. The molecule has 6 nitrogen and oxygen atoms in total. The lowest BCUT2D eigenvalue weighted by atomic mass is 9.99. The summed E-state index contributed by atoms with van der Waals surface area (Å²) in [7, 11) is -4.06. The summed E-state index contributed by atoms with van der Waals surface area (Å²) in [6, 6.07) is 11.1. The number of halogens is 2. The molecule has 1 unspecified atom stereocenters. The van der Waals surface area contributed by atoms with E-state index in [-0.39, 0.29) is 32.3 Å². The number of anilines is 1. The largest absolute Gasteiger partial charge is 0.396 e. The maximum Gasteiger partial charge on any atom is 0.241 e. The van der Waals surface area contributed by atoms with Crippen molar-refractivity contribution in [2.24, 2.45) is 5.92 Å². The average molecular weight is 502 g/mol. The number of rotatable bonds is 7. The number of carbonyl (C=O) groups excluding carboxylic acids is 1. The smallest absolute Gasteiger partial charge is 0.241 e. The predicted octanol–water partition coefficient (Wildman–Crippen LogP) is 4.27. The third-order valence-electron chi connectivity index (χ3n) is 5.21. The monoisotopic (exact) mass is 501 g/mol. The van der Waals surface area contributed by atoms with Crippen molar-refractivity contribution in [1.82, 2.24) is 9.62 Å². The molecule has 0 saturated carbocycles. The van der Waals surface area contributed by atoms with Crippen molar-refractivity contribution in [3.8, 4) is 0 Å². The summed E-state index contributed by atoms with van der Waals surface area (Å²) in [4.78, 5) is 15.8. The highest BCUT2D eigenvalue weighted by Crippen LogP contribution is 2.31. The lowest BCUT2D eigenvalue weighted by molar-refractivity contribution is -0.133. The van der Waals surface area contributed by atoms with Gasteiger partial charge in [-0.05, 0) is 43.0 Å². The Kier molecular flexibility index (Phi) is 8.15. The summed E-state index contributed by atoms with van der Waals surface area (Å²) in [6.07, 6.45) is 1.81. The molecule has 1 aliphatic rings. The Balaban J connectivity index is 1.83. The van der Waals surface area contributed by atoms with E-state index in [2.05, 4.69) is 11.6 Å². The van der Waals surface area contributed by atoms with Crippen LogP contribution in [0.25, 0.3) is 0 Å². The van der Waals surface area contributed by atoms with Crippen LogP contribution < -0.4 is 10.5 Å². The molecule has 2 aromatic carbocycles. The van der Waals surface area contributed by atoms with Crippen LogP contribution in [0.15, 0.2) is 52.3 Å². The van der Waals surface area contributed by atoms with Gasteiger partial charge in [-0.3, -0.25) is 4.79 Å². The van der Waals surface area contributed by atoms with Gasteiger partial charge in [-0.1, -0.05) is 48.3 Å². The van der Waals surface area contributed by atoms with Crippen LogP contribution >= 0.6 is 35.0 Å². The molecule has 0 bridgehead atoms. The fraction of sp³-hybridized carbons (Fsp3) is 0.381. The summed E-state index contributed by atoms with van der Waals surface area (Å²) in [5, 5.41) is 0.0823. The number of nitrogens with one attached hydrogen (secondary N) is 1. The average Bonchev–Trinajstić information content (AvgIpc) is 2.75. The number of piperidine rings is 1. The van der Waals surface area contributed by atoms with Crippen LogP contribution in [0.2, 0.25) is 10.0 Å². The van der Waals surface area contributed by atoms with Crippen molar-refractivity contribution in [1.29, 1.82) is 0 Å². The minimum Gasteiger partial charge on any atom is -0.396 e. The van der Waals surface area contributed by atoms with Crippen LogP contribution in [-0.2, 0) is 14.8 Å². The summed E-state index contributed by atoms with van der Waals surface area (Å²) >= 11 is 13.5. The number of nitrogens with two attached hydrogens (primary N) is 1. The van der Waals surface area contributed by atoms with Crippen LogP contribution in [0.1, 0.15) is 19.8 Å². The van der Waals surface area contributed by atoms with E-state index < -0.39 is 16.1 Å². The summed E-state index contributed by atoms with van der Waals surface area (Å²) in [5.74, 6) is 0.577. The molecule has 0 spiro atoms. The fourth-order valence-electron chi connectivity index (χ4n) is 3.27. The number of nitrogens with zero attached hydrogens (tertiary/aromatic N) is 1. The Morgan fingerprint density at radius 3 is 2.35 bits per heavy atom. The van der Waals surface area contributed by atoms with E-state index in [4.69, 9.17) is 28.9 Å². The van der Waals surface area contributed by atoms with Gasteiger partial charge in [0, 0.05) is 23.7 Å². The Labute approximate surface area is 197 Å². The molecular weight excluding hydrogens is 477 g/mol. The number of amides is 1. The van der Waals surface area contributed by atoms with Crippen LogP contribution in [0, 0.1) is 5.92 Å². The molecule has 1 saturated heterocycles. The molecule has 168 valence electrons. The van der Waals surface area contributed by atoms with Crippen LogP contribution in [-0.4, -0.2) is 44.1 Å². The second kappa shape index (κ2) is 10.4. The van der Waals surface area contributed by atoms with E-state index in [0.29, 0.717) is 19.0 Å². The number of hydrogen-bond acceptors (Lipinski definition) is 5. The van der Waals surface area contributed by atoms with E-state index in [1.54, 1.807) is 4.90 Å². The van der Waals surface area contributed by atoms with Gasteiger partial charge in [0.05, 0.1) is 20.6 Å². The highest BCUT2D eigenvalue weighted by Gasteiger charge is 2.31. The molecule has 1 atom stereocenters. The molecule has 3 N–H and O–H groups in total. The van der Waals surface area contributed by atoms with Crippen LogP contribution in [0.3, 0.4) is 0 Å². The molecule has 3 rings (SSSR count). The fourth-order valence-corrected chi connectivity index (χ4v) is 6.17. The molecule has 0 radical (unpaired) electrons. The minimum atomic E-state index is -4.06. The third-order valence-corrected chi connectivity index (χ3v) is 8.40. The van der Waals surface area contributed by atoms with Gasteiger partial charge >= 0.3 is 0 Å². The maximum atomic E-state index is 13.2. The first-order valence-corrected chi connectivity index (χ1v) is 13.1. The van der Waals surface area contributed by atoms with Crippen molar-refractivity contribution < 1.29 is 13.2 Å². The number of carbonyl (C=O) groups is 1. The second-order valence-corrected chi connectivity index (χ2v) is 11.2. The number of sulfonamides is 1. The van der Waals surface area contributed by atoms with Crippen molar-refractivity contribution in [3.05, 3.63) is 52.5 Å². The lowest BCUT2D eigenvalue weighted by Crippen LogP contribution is -2.51. The highest BCUT2D eigenvalue weighted by molar-refractivity contribution is 7.99. The standard InChI is InChI=1S/C21H25Cl2N3O3S2/c1-14-7-9-26(10-8-14)21(27)19(13-30-15-5-3-2-4-6-15)25-31(28,29)16-11-17(22)20(24)18(23)12-16/h2-6,11-12,14,19,25H,7-10,13,24H2,1H3. The first-order valence-electron chi connectivity index (χ1n) is 9.91. The molecule has 1 amide bonds. The molecule has 0 aromatic heterocycles. The van der Waals surface area contributed by atoms with E-state index >= 15 is 0 Å². The first kappa shape index (κ1) is 24.2. The summed E-state index contributed by atoms with van der Waals surface area (Å²) in [6.45, 7) is 3.39. The summed E-state index contributed by atoms with van der Waals surface area (Å²) < 4.78 is 28.7. The second-order valence-electron chi connectivity index (χ2n) is 7.61. The number of benzene rings is 2. The summed E-state index contributed by atoms with van der Waals surface area (Å²) in [5.41, 5.74) is 5.83. The molecular formula is C21H25Cl2N3O3S2. The number of likely N-dealkylation sites (tertiary alicyclic amines) is 1. The quantitative estimate of drug-likeness (QED) is 0.436. The van der Waals surface area contributed by atoms with Gasteiger partial charge in [-0.15, -0.1) is 11.8 Å². The van der Waals surface area contributed by atoms with E-state index in [1.165, 1.54) is 23.9 Å². The molecule has 10 heteroatoms. The van der Waals surface area contributed by atoms with Gasteiger partial charge in [0.2, 0.25) is 15.9 Å². The SMILES string of the molecule is CC1CCN(C(=O)C(CSc2ccccc2)NS(=O)(=O)c2cc(Cl)c(N)c(Cl)c2)CC1. The van der Waals surface area contributed by atoms with Gasteiger partial charge in [0.15, 0.2) is 0 Å². The number of nitrogen functional groups attached to an aromatic ring is 1. The maximum absolute atomic E-state index is 13.2. The Morgan fingerprint density at radius 2 is 1.77 bits per heavy atom. The highest BCUT2D eigenvalue weighted by atomic mass is 35.5. The van der Waals surface area contributed by atoms with E-state index in [1.807, 2.05) is 30.3 Å². The molecule has 1 fully saturated rings. The lowest BCUT2D eigenvalue weighted by Gasteiger charge is -2.33. The van der Waals surface area contributed by atoms with Crippen molar-refractivity contribution in [2.45, 2.75) is 35.6 Å². The zero-order chi connectivity index (χ0) is 22.6. The first-order chi connectivity index (χ1) is 14.7. The minimum absolute atomic E-state index is 0.0411. The van der Waals surface area contributed by atoms with Gasteiger partial charge in [0.25, 0.3) is 0 Å². The van der Waals surface area contributed by atoms with Gasteiger partial charge in [0.1, 0.15) is 6.04 Å². The third kappa shape index (κ3) is 6.29. The van der Waals surface area contributed by atoms with E-state index in [9.17, 15) is 13.2 Å². The molecule has 1 heterocycles. The number of thioether (sulfide) groups is 1. The molecule has 1 aliphatic heterocycles. The number of hydrogen-bond donors (Lipinski definition) is 2. The molecule has 0 aliphatic carbocycles. The van der Waals surface area contributed by atoms with Gasteiger partial charge in [-0.25, -0.2) is 8.42 Å². The van der Waals surface area contributed by atoms with Crippen LogP contribution in [0.4, 0.5) is 5.69 Å². The van der Waals surface area contributed by atoms with Crippen molar-refractivity contribution in [3.63, 3.8) is 0 Å². The van der Waals surface area contributed by atoms with Crippen LogP contribution in [0.5, 0.6) is 0 Å². The zero-order valence-corrected chi connectivity index (χ0v) is 20.2. The van der Waals surface area contributed by atoms with Crippen molar-refractivity contribution >= 4 is 56.6 Å². The Morgan fingerprint density at radius 1 is 1.19 bits per heavy atom. The van der Waals surface area contributed by atoms with Crippen molar-refractivity contribution in [2.75, 3.05) is 24.6 Å². The van der Waals surface area contributed by atoms with Gasteiger partial charge < -0.3 is 10.6 Å². The Bertz CT molecular complexity index is 1000. The molecule has 2 aromatic rings. The predicted molar refractivity (Wildman–Crippen MR) is 127 cm³/mol. The Hall–Kier alpha value is -1.45. The van der Waals surface area contributed by atoms with E-state index in [0.717, 1.165) is 17.7 Å². The normalized spacial score (nSPS) is 16.3. The topological polar surface area (TPSA) is 92.5 Å².